The van der Waals surface area contributed by atoms with Gasteiger partial charge in [0.2, 0.25) is 0 Å². The fourth-order valence-electron chi connectivity index (χ4n) is 0.804. The van der Waals surface area contributed by atoms with Crippen LogP contribution in [-0.4, -0.2) is 27.9 Å². The smallest absolute Gasteiger partial charge is 0.359 e. The number of rotatable bonds is 3. The zero-order chi connectivity index (χ0) is 9.84. The molecule has 1 aromatic heterocycles. The van der Waals surface area contributed by atoms with Crippen LogP contribution in [0.3, 0.4) is 0 Å². The Balaban J connectivity index is 2.89. The van der Waals surface area contributed by atoms with Crippen LogP contribution in [0.15, 0.2) is 0 Å². The van der Waals surface area contributed by atoms with Crippen LogP contribution >= 0.6 is 22.6 Å². The SMILES string of the molecule is CCOC(=O)c1n[nH]c(CO)c1I. The van der Waals surface area contributed by atoms with Crippen molar-refractivity contribution in [3.63, 3.8) is 0 Å². The number of aliphatic hydroxyl groups excluding tert-OH is 1. The highest BCUT2D eigenvalue weighted by molar-refractivity contribution is 14.1. The van der Waals surface area contributed by atoms with Crippen molar-refractivity contribution in [1.82, 2.24) is 10.2 Å². The van der Waals surface area contributed by atoms with Crippen LogP contribution in [0.25, 0.3) is 0 Å². The first kappa shape index (κ1) is 10.5. The van der Waals surface area contributed by atoms with Crippen molar-refractivity contribution in [3.8, 4) is 0 Å². The number of halogens is 1. The van der Waals surface area contributed by atoms with E-state index in [1.165, 1.54) is 0 Å². The van der Waals surface area contributed by atoms with E-state index in [1.54, 1.807) is 6.92 Å². The lowest BCUT2D eigenvalue weighted by atomic mass is 10.4. The Morgan fingerprint density at radius 1 is 1.77 bits per heavy atom. The summed E-state index contributed by atoms with van der Waals surface area (Å²) in [5.41, 5.74) is 0.759. The molecule has 0 amide bonds. The molecule has 0 unspecified atom stereocenters. The molecule has 1 rings (SSSR count). The molecule has 72 valence electrons. The van der Waals surface area contributed by atoms with Crippen LogP contribution in [0.4, 0.5) is 0 Å². The number of hydrogen-bond donors (Lipinski definition) is 2. The Labute approximate surface area is 88.6 Å². The van der Waals surface area contributed by atoms with Crippen LogP contribution in [0, 0.1) is 3.57 Å². The molecule has 2 N–H and O–H groups in total. The van der Waals surface area contributed by atoms with Gasteiger partial charge < -0.3 is 9.84 Å². The van der Waals surface area contributed by atoms with Gasteiger partial charge in [-0.3, -0.25) is 5.10 Å². The topological polar surface area (TPSA) is 75.2 Å². The third-order valence-corrected chi connectivity index (χ3v) is 2.56. The van der Waals surface area contributed by atoms with Gasteiger partial charge >= 0.3 is 5.97 Å². The van der Waals surface area contributed by atoms with E-state index in [0.717, 1.165) is 0 Å². The Hall–Kier alpha value is -0.630. The number of hydrogen-bond acceptors (Lipinski definition) is 4. The highest BCUT2D eigenvalue weighted by Crippen LogP contribution is 2.14. The molecule has 13 heavy (non-hydrogen) atoms. The van der Waals surface area contributed by atoms with Crippen molar-refractivity contribution in [2.75, 3.05) is 6.61 Å². The molecular formula is C7H9IN2O3. The number of carbonyl (C=O) groups excluding carboxylic acids is 1. The predicted molar refractivity (Wildman–Crippen MR) is 53.2 cm³/mol. The lowest BCUT2D eigenvalue weighted by molar-refractivity contribution is 0.0518. The molecule has 0 saturated carbocycles. The summed E-state index contributed by atoms with van der Waals surface area (Å²) in [6.45, 7) is 1.88. The minimum atomic E-state index is -0.470. The molecule has 1 heterocycles. The van der Waals surface area contributed by atoms with Gasteiger partial charge in [-0.2, -0.15) is 5.10 Å². The number of esters is 1. The first-order chi connectivity index (χ1) is 6.20. The minimum absolute atomic E-state index is 0.162. The van der Waals surface area contributed by atoms with Crippen LogP contribution in [0.2, 0.25) is 0 Å². The minimum Gasteiger partial charge on any atom is -0.461 e. The largest absolute Gasteiger partial charge is 0.461 e. The van der Waals surface area contributed by atoms with Crippen molar-refractivity contribution < 1.29 is 14.6 Å². The summed E-state index contributed by atoms with van der Waals surface area (Å²) in [4.78, 5) is 11.2. The molecule has 0 aliphatic heterocycles. The normalized spacial score (nSPS) is 10.1. The fourth-order valence-corrected chi connectivity index (χ4v) is 1.44. The van der Waals surface area contributed by atoms with Gasteiger partial charge in [-0.05, 0) is 29.5 Å². The van der Waals surface area contributed by atoms with Gasteiger partial charge in [-0.15, -0.1) is 0 Å². The predicted octanol–water partition coefficient (Wildman–Crippen LogP) is 0.683. The number of nitrogens with zero attached hydrogens (tertiary/aromatic N) is 1. The third-order valence-electron chi connectivity index (χ3n) is 1.40. The molecule has 0 saturated heterocycles. The van der Waals surface area contributed by atoms with E-state index in [4.69, 9.17) is 9.84 Å². The summed E-state index contributed by atoms with van der Waals surface area (Å²) >= 11 is 1.94. The summed E-state index contributed by atoms with van der Waals surface area (Å²) < 4.78 is 5.37. The van der Waals surface area contributed by atoms with Gasteiger partial charge in [-0.1, -0.05) is 0 Å². The number of H-pyrrole nitrogens is 1. The first-order valence-corrected chi connectivity index (χ1v) is 4.79. The van der Waals surface area contributed by atoms with Crippen molar-refractivity contribution in [2.24, 2.45) is 0 Å². The number of ether oxygens (including phenoxy) is 1. The van der Waals surface area contributed by atoms with E-state index in [9.17, 15) is 4.79 Å². The number of nitrogens with one attached hydrogen (secondary N) is 1. The second-order valence-electron chi connectivity index (χ2n) is 2.24. The molecule has 0 aromatic carbocycles. The fraction of sp³-hybridized carbons (Fsp3) is 0.429. The van der Waals surface area contributed by atoms with Gasteiger partial charge in [0, 0.05) is 0 Å². The number of aromatic nitrogens is 2. The molecule has 0 aliphatic rings. The molecule has 0 atom stereocenters. The monoisotopic (exact) mass is 296 g/mol. The Bertz CT molecular complexity index is 311. The van der Waals surface area contributed by atoms with Gasteiger partial charge in [0.15, 0.2) is 5.69 Å². The summed E-state index contributed by atoms with van der Waals surface area (Å²) in [5.74, 6) is -0.470. The lowest BCUT2D eigenvalue weighted by Gasteiger charge is -1.97. The van der Waals surface area contributed by atoms with E-state index in [-0.39, 0.29) is 12.3 Å². The lowest BCUT2D eigenvalue weighted by Crippen LogP contribution is -2.06. The maximum atomic E-state index is 11.2. The van der Waals surface area contributed by atoms with Crippen molar-refractivity contribution in [1.29, 1.82) is 0 Å². The zero-order valence-electron chi connectivity index (χ0n) is 7.00. The molecule has 0 spiro atoms. The number of carbonyl (C=O) groups is 1. The summed E-state index contributed by atoms with van der Waals surface area (Å²) in [6.07, 6.45) is 0. The second kappa shape index (κ2) is 4.56. The Morgan fingerprint density at radius 3 is 2.92 bits per heavy atom. The van der Waals surface area contributed by atoms with Crippen LogP contribution in [0.5, 0.6) is 0 Å². The Morgan fingerprint density at radius 2 is 2.46 bits per heavy atom. The quantitative estimate of drug-likeness (QED) is 0.635. The molecule has 6 heteroatoms. The molecular weight excluding hydrogens is 287 g/mol. The number of aliphatic hydroxyl groups is 1. The molecule has 0 bridgehead atoms. The average molecular weight is 296 g/mol. The highest BCUT2D eigenvalue weighted by Gasteiger charge is 2.17. The van der Waals surface area contributed by atoms with E-state index in [0.29, 0.717) is 15.9 Å². The molecule has 5 nitrogen and oxygen atoms in total. The van der Waals surface area contributed by atoms with Crippen molar-refractivity contribution in [3.05, 3.63) is 15.0 Å². The van der Waals surface area contributed by atoms with Gasteiger partial charge in [0.1, 0.15) is 0 Å². The molecule has 0 radical (unpaired) electrons. The van der Waals surface area contributed by atoms with E-state index in [2.05, 4.69) is 10.2 Å². The summed E-state index contributed by atoms with van der Waals surface area (Å²) in [5, 5.41) is 15.1. The third kappa shape index (κ3) is 2.19. The second-order valence-corrected chi connectivity index (χ2v) is 3.32. The van der Waals surface area contributed by atoms with Crippen LogP contribution in [0.1, 0.15) is 23.1 Å². The van der Waals surface area contributed by atoms with Crippen molar-refractivity contribution >= 4 is 28.6 Å². The van der Waals surface area contributed by atoms with Crippen molar-refractivity contribution in [2.45, 2.75) is 13.5 Å². The first-order valence-electron chi connectivity index (χ1n) is 3.71. The Kier molecular flexibility index (Phi) is 3.67. The van der Waals surface area contributed by atoms with E-state index < -0.39 is 5.97 Å². The van der Waals surface area contributed by atoms with Crippen LogP contribution < -0.4 is 0 Å². The van der Waals surface area contributed by atoms with Gasteiger partial charge in [0.25, 0.3) is 0 Å². The summed E-state index contributed by atoms with van der Waals surface area (Å²) in [7, 11) is 0. The van der Waals surface area contributed by atoms with E-state index in [1.807, 2.05) is 22.6 Å². The standard InChI is InChI=1S/C7H9IN2O3/c1-2-13-7(12)6-5(8)4(3-11)9-10-6/h11H,2-3H2,1H3,(H,9,10). The van der Waals surface area contributed by atoms with Crippen LogP contribution in [-0.2, 0) is 11.3 Å². The van der Waals surface area contributed by atoms with Gasteiger partial charge in [-0.25, -0.2) is 4.79 Å². The molecule has 0 fully saturated rings. The van der Waals surface area contributed by atoms with E-state index >= 15 is 0 Å². The summed E-state index contributed by atoms with van der Waals surface area (Å²) in [6, 6.07) is 0. The molecule has 0 aliphatic carbocycles. The maximum Gasteiger partial charge on any atom is 0.359 e. The maximum absolute atomic E-state index is 11.2. The molecule has 1 aromatic rings. The average Bonchev–Trinajstić information content (AvgIpc) is 2.47. The zero-order valence-corrected chi connectivity index (χ0v) is 9.16. The number of aromatic amines is 1. The highest BCUT2D eigenvalue weighted by atomic mass is 127. The van der Waals surface area contributed by atoms with Gasteiger partial charge in [0.05, 0.1) is 22.5 Å².